The highest BCUT2D eigenvalue weighted by atomic mass is 35.5. The quantitative estimate of drug-likeness (QED) is 0.588. The van der Waals surface area contributed by atoms with E-state index in [1.54, 1.807) is 0 Å². The van der Waals surface area contributed by atoms with Crippen LogP contribution in [0, 0.1) is 0 Å². The molecule has 2 atom stereocenters. The van der Waals surface area contributed by atoms with Crippen molar-refractivity contribution >= 4 is 35.1 Å². The van der Waals surface area contributed by atoms with Crippen LogP contribution in [0.4, 0.5) is 10.6 Å². The van der Waals surface area contributed by atoms with E-state index in [2.05, 4.69) is 20.6 Å². The maximum Gasteiger partial charge on any atom is 0.404 e. The van der Waals surface area contributed by atoms with Crippen LogP contribution in [0.2, 0.25) is 10.3 Å². The molecule has 1 aromatic heterocycles. The third-order valence-electron chi connectivity index (χ3n) is 3.31. The molecule has 0 aliphatic heterocycles. The van der Waals surface area contributed by atoms with Gasteiger partial charge in [0.05, 0.1) is 6.20 Å². The Morgan fingerprint density at radius 3 is 2.70 bits per heavy atom. The van der Waals surface area contributed by atoms with Gasteiger partial charge in [-0.2, -0.15) is 4.98 Å². The number of aromatic nitrogens is 2. The van der Waals surface area contributed by atoms with Gasteiger partial charge in [-0.3, -0.25) is 0 Å². The molecule has 0 bridgehead atoms. The van der Waals surface area contributed by atoms with Gasteiger partial charge in [0.25, 0.3) is 0 Å². The van der Waals surface area contributed by atoms with Crippen LogP contribution >= 0.6 is 23.2 Å². The van der Waals surface area contributed by atoms with Crippen molar-refractivity contribution in [1.29, 1.82) is 0 Å². The smallest absolute Gasteiger partial charge is 0.404 e. The van der Waals surface area contributed by atoms with E-state index in [1.165, 1.54) is 6.20 Å². The van der Waals surface area contributed by atoms with Crippen molar-refractivity contribution in [3.8, 4) is 0 Å². The van der Waals surface area contributed by atoms with Crippen LogP contribution in [0.15, 0.2) is 6.20 Å². The molecule has 8 heteroatoms. The summed E-state index contributed by atoms with van der Waals surface area (Å²) in [5, 5.41) is 15.1. The fraction of sp³-hybridized carbons (Fsp3) is 0.583. The monoisotopic (exact) mass is 318 g/mol. The zero-order valence-corrected chi connectivity index (χ0v) is 12.3. The van der Waals surface area contributed by atoms with E-state index in [0.717, 1.165) is 25.7 Å². The first-order valence-electron chi connectivity index (χ1n) is 6.48. The Kier molecular flexibility index (Phi) is 5.25. The number of carbonyl (C=O) groups is 1. The van der Waals surface area contributed by atoms with Gasteiger partial charge in [0.15, 0.2) is 0 Å². The highest BCUT2D eigenvalue weighted by molar-refractivity contribution is 6.33. The summed E-state index contributed by atoms with van der Waals surface area (Å²) in [6.45, 7) is 0. The van der Waals surface area contributed by atoms with Crippen molar-refractivity contribution < 1.29 is 9.90 Å². The summed E-state index contributed by atoms with van der Waals surface area (Å²) in [7, 11) is 0. The lowest BCUT2D eigenvalue weighted by atomic mass is 10.1. The van der Waals surface area contributed by atoms with E-state index in [1.807, 2.05) is 0 Å². The van der Waals surface area contributed by atoms with Gasteiger partial charge >= 0.3 is 6.09 Å². The molecule has 6 nitrogen and oxygen atoms in total. The number of rotatable bonds is 3. The highest BCUT2D eigenvalue weighted by Gasteiger charge is 2.22. The average Bonchev–Trinajstić information content (AvgIpc) is 2.58. The molecule has 1 saturated carbocycles. The second-order valence-electron chi connectivity index (χ2n) is 4.84. The van der Waals surface area contributed by atoms with E-state index >= 15 is 0 Å². The summed E-state index contributed by atoms with van der Waals surface area (Å²) >= 11 is 11.8. The minimum Gasteiger partial charge on any atom is -0.465 e. The number of amides is 1. The Morgan fingerprint density at radius 2 is 2.00 bits per heavy atom. The predicted molar refractivity (Wildman–Crippen MR) is 77.5 cm³/mol. The number of carboxylic acid groups (broad SMARTS) is 1. The van der Waals surface area contributed by atoms with Gasteiger partial charge < -0.3 is 15.7 Å². The maximum atomic E-state index is 10.8. The van der Waals surface area contributed by atoms with E-state index in [4.69, 9.17) is 28.3 Å². The molecule has 2 rings (SSSR count). The number of hydrogen-bond donors (Lipinski definition) is 3. The van der Waals surface area contributed by atoms with Gasteiger partial charge in [-0.25, -0.2) is 9.78 Å². The first-order valence-corrected chi connectivity index (χ1v) is 7.24. The Bertz CT molecular complexity index is 487. The van der Waals surface area contributed by atoms with Crippen LogP contribution in [0.3, 0.4) is 0 Å². The molecule has 3 N–H and O–H groups in total. The molecule has 1 heterocycles. The summed E-state index contributed by atoms with van der Waals surface area (Å²) in [4.78, 5) is 18.6. The Balaban J connectivity index is 2.03. The van der Waals surface area contributed by atoms with Crippen LogP contribution < -0.4 is 10.6 Å². The Hall–Kier alpha value is -1.27. The normalized spacial score (nSPS) is 22.9. The molecule has 1 aromatic rings. The van der Waals surface area contributed by atoms with Gasteiger partial charge in [-0.05, 0) is 30.9 Å². The van der Waals surface area contributed by atoms with Gasteiger partial charge in [0.2, 0.25) is 5.28 Å². The van der Waals surface area contributed by atoms with Crippen LogP contribution in [0.1, 0.15) is 32.1 Å². The lowest BCUT2D eigenvalue weighted by molar-refractivity contribution is 0.188. The largest absolute Gasteiger partial charge is 0.465 e. The molecular formula is C12H16Cl2N4O2. The summed E-state index contributed by atoms with van der Waals surface area (Å²) < 4.78 is 0. The number of hydrogen-bond acceptors (Lipinski definition) is 4. The van der Waals surface area contributed by atoms with Crippen molar-refractivity contribution in [2.24, 2.45) is 0 Å². The molecule has 1 fully saturated rings. The highest BCUT2D eigenvalue weighted by Crippen LogP contribution is 2.25. The Labute approximate surface area is 126 Å². The molecule has 0 unspecified atom stereocenters. The van der Waals surface area contributed by atoms with Crippen molar-refractivity contribution in [3.63, 3.8) is 0 Å². The molecule has 1 aliphatic carbocycles. The van der Waals surface area contributed by atoms with E-state index in [-0.39, 0.29) is 17.4 Å². The number of nitrogens with one attached hydrogen (secondary N) is 2. The summed E-state index contributed by atoms with van der Waals surface area (Å²) in [5.74, 6) is 0.493. The average molecular weight is 319 g/mol. The van der Waals surface area contributed by atoms with Crippen molar-refractivity contribution in [3.05, 3.63) is 16.5 Å². The van der Waals surface area contributed by atoms with Crippen LogP contribution in [-0.4, -0.2) is 33.3 Å². The molecule has 1 amide bonds. The maximum absolute atomic E-state index is 10.8. The molecule has 110 valence electrons. The van der Waals surface area contributed by atoms with E-state index < -0.39 is 6.09 Å². The Morgan fingerprint density at radius 1 is 1.30 bits per heavy atom. The summed E-state index contributed by atoms with van der Waals surface area (Å²) in [6, 6.07) is 0.0569. The molecule has 0 spiro atoms. The number of halogens is 2. The third kappa shape index (κ3) is 4.38. The standard InChI is InChI=1S/C12H16Cl2N4O2/c13-9-6-15-11(14)18-10(9)16-7-3-1-2-4-8(5-7)17-12(19)20/h6-8,17H,1-5H2,(H,19,20)(H,15,16,18)/t7-,8+/m1/s1. The minimum atomic E-state index is -0.987. The van der Waals surface area contributed by atoms with Gasteiger partial charge in [-0.15, -0.1) is 0 Å². The van der Waals surface area contributed by atoms with Gasteiger partial charge in [-0.1, -0.05) is 24.4 Å². The molecule has 1 aliphatic rings. The second kappa shape index (κ2) is 6.95. The minimum absolute atomic E-state index is 0.0522. The summed E-state index contributed by atoms with van der Waals surface area (Å²) in [6.07, 6.45) is 4.98. The van der Waals surface area contributed by atoms with E-state index in [9.17, 15) is 4.79 Å². The number of nitrogens with zero attached hydrogens (tertiary/aromatic N) is 2. The van der Waals surface area contributed by atoms with Gasteiger partial charge in [0, 0.05) is 12.1 Å². The number of anilines is 1. The molecule has 0 saturated heterocycles. The molecule has 0 radical (unpaired) electrons. The lowest BCUT2D eigenvalue weighted by Crippen LogP contribution is -2.37. The van der Waals surface area contributed by atoms with Crippen molar-refractivity contribution in [2.45, 2.75) is 44.2 Å². The van der Waals surface area contributed by atoms with Gasteiger partial charge in [0.1, 0.15) is 10.8 Å². The molecule has 20 heavy (non-hydrogen) atoms. The first-order chi connectivity index (χ1) is 9.54. The van der Waals surface area contributed by atoms with Crippen molar-refractivity contribution in [1.82, 2.24) is 15.3 Å². The predicted octanol–water partition coefficient (Wildman–Crippen LogP) is 3.16. The zero-order valence-electron chi connectivity index (χ0n) is 10.8. The van der Waals surface area contributed by atoms with E-state index in [0.29, 0.717) is 17.3 Å². The van der Waals surface area contributed by atoms with Crippen LogP contribution in [0.5, 0.6) is 0 Å². The first kappa shape index (κ1) is 15.1. The second-order valence-corrected chi connectivity index (χ2v) is 5.59. The van der Waals surface area contributed by atoms with Crippen molar-refractivity contribution in [2.75, 3.05) is 5.32 Å². The summed E-state index contributed by atoms with van der Waals surface area (Å²) in [5.41, 5.74) is 0. The SMILES string of the molecule is O=C(O)N[C@H]1CCCC[C@@H](Nc2nc(Cl)ncc2Cl)C1. The fourth-order valence-electron chi connectivity index (χ4n) is 2.44. The van der Waals surface area contributed by atoms with Crippen LogP contribution in [-0.2, 0) is 0 Å². The van der Waals surface area contributed by atoms with Crippen LogP contribution in [0.25, 0.3) is 0 Å². The topological polar surface area (TPSA) is 87.1 Å². The fourth-order valence-corrected chi connectivity index (χ4v) is 2.72. The molecule has 0 aromatic carbocycles. The third-order valence-corrected chi connectivity index (χ3v) is 3.77. The molecular weight excluding hydrogens is 303 g/mol. The zero-order chi connectivity index (χ0) is 14.5. The lowest BCUT2D eigenvalue weighted by Gasteiger charge is -2.22.